The van der Waals surface area contributed by atoms with Gasteiger partial charge in [0.05, 0.1) is 19.8 Å². The molecular formula is C39H75N3O3S3. The van der Waals surface area contributed by atoms with E-state index in [1.807, 2.05) is 35.3 Å². The van der Waals surface area contributed by atoms with E-state index in [9.17, 15) is 0 Å². The van der Waals surface area contributed by atoms with Crippen molar-refractivity contribution >= 4 is 35.3 Å². The van der Waals surface area contributed by atoms with E-state index in [1.54, 1.807) is 0 Å². The normalized spacial score (nSPS) is 12.4. The van der Waals surface area contributed by atoms with Crippen molar-refractivity contribution in [2.45, 2.75) is 192 Å². The fraction of sp³-hybridized carbons (Fsp3) is 0.923. The molecule has 0 atom stereocenters. The topological polar surface area (TPSA) is 66.4 Å². The molecule has 0 saturated carbocycles. The van der Waals surface area contributed by atoms with E-state index in [1.165, 1.54) is 96.3 Å². The zero-order valence-corrected chi connectivity index (χ0v) is 35.2. The molecule has 0 spiro atoms. The Bertz CT molecular complexity index is 791. The molecule has 48 heavy (non-hydrogen) atoms. The Morgan fingerprint density at radius 2 is 0.667 bits per heavy atom. The van der Waals surface area contributed by atoms with Crippen molar-refractivity contribution in [2.24, 2.45) is 0 Å². The van der Waals surface area contributed by atoms with Gasteiger partial charge < -0.3 is 14.2 Å². The smallest absolute Gasteiger partial charge is 0.325 e. The predicted octanol–water partition coefficient (Wildman–Crippen LogP) is 12.6. The van der Waals surface area contributed by atoms with Crippen molar-refractivity contribution in [3.8, 4) is 18.0 Å². The standard InChI is InChI=1S/C39H75N3O3S3/c1-10-13-16-19-25-37(4,5)46-31-22-28-43-34-40-35(44-29-23-32-47-38(6,7)26-20-17-14-11-2)42-36(41-34)45-30-24-33-48-39(8,9)27-21-18-15-12-3/h10-33H2,1-9H3. The Morgan fingerprint density at radius 1 is 0.396 bits per heavy atom. The van der Waals surface area contributed by atoms with Crippen LogP contribution in [0.4, 0.5) is 0 Å². The summed E-state index contributed by atoms with van der Waals surface area (Å²) in [5.41, 5.74) is 0. The molecular weight excluding hydrogens is 655 g/mol. The van der Waals surface area contributed by atoms with Crippen LogP contribution in [0.25, 0.3) is 0 Å². The fourth-order valence-electron chi connectivity index (χ4n) is 5.38. The molecule has 6 nitrogen and oxygen atoms in total. The molecule has 1 aromatic rings. The first-order valence-corrected chi connectivity index (χ1v) is 22.4. The lowest BCUT2D eigenvalue weighted by Crippen LogP contribution is -2.16. The highest BCUT2D eigenvalue weighted by Crippen LogP contribution is 2.33. The number of nitrogens with zero attached hydrogens (tertiary/aromatic N) is 3. The van der Waals surface area contributed by atoms with Gasteiger partial charge in [-0.05, 0) is 55.8 Å². The zero-order valence-electron chi connectivity index (χ0n) is 32.8. The summed E-state index contributed by atoms with van der Waals surface area (Å²) in [4.78, 5) is 13.5. The van der Waals surface area contributed by atoms with Crippen LogP contribution >= 0.6 is 35.3 Å². The maximum Gasteiger partial charge on any atom is 0.325 e. The van der Waals surface area contributed by atoms with Crippen molar-refractivity contribution < 1.29 is 14.2 Å². The van der Waals surface area contributed by atoms with Crippen molar-refractivity contribution in [1.82, 2.24) is 15.0 Å². The lowest BCUT2D eigenvalue weighted by Gasteiger charge is -2.24. The predicted molar refractivity (Wildman–Crippen MR) is 216 cm³/mol. The van der Waals surface area contributed by atoms with E-state index in [2.05, 4.69) is 77.3 Å². The molecule has 0 aliphatic heterocycles. The average Bonchev–Trinajstić information content (AvgIpc) is 3.03. The number of ether oxygens (including phenoxy) is 3. The van der Waals surface area contributed by atoms with Crippen LogP contribution in [0.1, 0.15) is 178 Å². The number of hydrogen-bond acceptors (Lipinski definition) is 9. The van der Waals surface area contributed by atoms with Crippen LogP contribution < -0.4 is 14.2 Å². The van der Waals surface area contributed by atoms with Crippen LogP contribution in [0, 0.1) is 0 Å². The van der Waals surface area contributed by atoms with Crippen LogP contribution in [0.15, 0.2) is 0 Å². The second-order valence-electron chi connectivity index (χ2n) is 15.0. The number of hydrogen-bond donors (Lipinski definition) is 0. The van der Waals surface area contributed by atoms with Gasteiger partial charge in [-0.2, -0.15) is 35.3 Å². The van der Waals surface area contributed by atoms with Gasteiger partial charge in [-0.25, -0.2) is 0 Å². The van der Waals surface area contributed by atoms with Crippen molar-refractivity contribution in [3.63, 3.8) is 0 Å². The molecule has 282 valence electrons. The molecule has 0 unspecified atom stereocenters. The highest BCUT2D eigenvalue weighted by molar-refractivity contribution is 8.01. The summed E-state index contributed by atoms with van der Waals surface area (Å²) in [6, 6.07) is 0.886. The zero-order chi connectivity index (χ0) is 35.6. The summed E-state index contributed by atoms with van der Waals surface area (Å²) >= 11 is 6.12. The largest absolute Gasteiger partial charge is 0.463 e. The molecule has 0 amide bonds. The summed E-state index contributed by atoms with van der Waals surface area (Å²) in [7, 11) is 0. The minimum atomic E-state index is 0.295. The average molecular weight is 730 g/mol. The van der Waals surface area contributed by atoms with Gasteiger partial charge in [0.25, 0.3) is 0 Å². The minimum Gasteiger partial charge on any atom is -0.463 e. The highest BCUT2D eigenvalue weighted by Gasteiger charge is 2.20. The number of thioether (sulfide) groups is 3. The van der Waals surface area contributed by atoms with Gasteiger partial charge in [0.15, 0.2) is 0 Å². The van der Waals surface area contributed by atoms with E-state index in [4.69, 9.17) is 14.2 Å². The summed E-state index contributed by atoms with van der Waals surface area (Å²) in [5, 5.41) is 0. The summed E-state index contributed by atoms with van der Waals surface area (Å²) < 4.78 is 19.0. The van der Waals surface area contributed by atoms with Crippen LogP contribution in [-0.2, 0) is 0 Å². The highest BCUT2D eigenvalue weighted by atomic mass is 32.2. The van der Waals surface area contributed by atoms with Crippen LogP contribution in [0.3, 0.4) is 0 Å². The molecule has 1 aromatic heterocycles. The molecule has 1 rings (SSSR count). The van der Waals surface area contributed by atoms with Gasteiger partial charge >= 0.3 is 18.0 Å². The first kappa shape index (κ1) is 45.5. The Labute approximate surface area is 310 Å². The van der Waals surface area contributed by atoms with Crippen LogP contribution in [0.2, 0.25) is 0 Å². The first-order valence-electron chi connectivity index (χ1n) is 19.5. The SMILES string of the molecule is CCCCCCC(C)(C)SCCCOc1nc(OCCCSC(C)(C)CCCCCC)nc(OCCCSC(C)(C)CCCCCC)n1. The van der Waals surface area contributed by atoms with E-state index < -0.39 is 0 Å². The number of rotatable bonds is 33. The van der Waals surface area contributed by atoms with E-state index in [0.29, 0.717) is 52.1 Å². The third-order valence-corrected chi connectivity index (χ3v) is 12.9. The molecule has 0 fully saturated rings. The third-order valence-electron chi connectivity index (χ3n) is 8.51. The van der Waals surface area contributed by atoms with Crippen molar-refractivity contribution in [3.05, 3.63) is 0 Å². The molecule has 9 heteroatoms. The molecule has 0 aromatic carbocycles. The summed E-state index contributed by atoms with van der Waals surface area (Å²) in [6.45, 7) is 22.7. The van der Waals surface area contributed by atoms with E-state index in [0.717, 1.165) is 36.5 Å². The van der Waals surface area contributed by atoms with Gasteiger partial charge in [0.2, 0.25) is 0 Å². The summed E-state index contributed by atoms with van der Waals surface area (Å²) in [6.07, 6.45) is 22.4. The van der Waals surface area contributed by atoms with Gasteiger partial charge in [-0.15, -0.1) is 15.0 Å². The maximum atomic E-state index is 6.03. The Kier molecular flexibility index (Phi) is 25.7. The molecule has 0 aliphatic rings. The minimum absolute atomic E-state index is 0.295. The Hall–Kier alpha value is -0.540. The van der Waals surface area contributed by atoms with E-state index >= 15 is 0 Å². The van der Waals surface area contributed by atoms with Crippen molar-refractivity contribution in [2.75, 3.05) is 37.1 Å². The van der Waals surface area contributed by atoms with E-state index in [-0.39, 0.29) is 0 Å². The van der Waals surface area contributed by atoms with Gasteiger partial charge in [-0.3, -0.25) is 0 Å². The maximum absolute atomic E-state index is 6.03. The second kappa shape index (κ2) is 27.2. The summed E-state index contributed by atoms with van der Waals surface area (Å²) in [5.74, 6) is 3.16. The number of unbranched alkanes of at least 4 members (excludes halogenated alkanes) is 9. The molecule has 0 bridgehead atoms. The molecule has 1 heterocycles. The van der Waals surface area contributed by atoms with Gasteiger partial charge in [0, 0.05) is 14.2 Å². The molecule has 0 aliphatic carbocycles. The van der Waals surface area contributed by atoms with Crippen LogP contribution in [-0.4, -0.2) is 66.3 Å². The van der Waals surface area contributed by atoms with Gasteiger partial charge in [-0.1, -0.05) is 139 Å². The fourth-order valence-corrected chi connectivity index (χ4v) is 8.69. The first-order chi connectivity index (χ1) is 22.9. The Morgan fingerprint density at radius 3 is 0.917 bits per heavy atom. The van der Waals surface area contributed by atoms with Crippen molar-refractivity contribution in [1.29, 1.82) is 0 Å². The lowest BCUT2D eigenvalue weighted by atomic mass is 10.0. The van der Waals surface area contributed by atoms with Crippen LogP contribution in [0.5, 0.6) is 18.0 Å². The van der Waals surface area contributed by atoms with Gasteiger partial charge in [0.1, 0.15) is 0 Å². The second-order valence-corrected chi connectivity index (χ2v) is 20.5. The molecule has 0 N–H and O–H groups in total. The third kappa shape index (κ3) is 25.4. The number of aromatic nitrogens is 3. The molecule has 0 saturated heterocycles. The monoisotopic (exact) mass is 729 g/mol. The lowest BCUT2D eigenvalue weighted by molar-refractivity contribution is 0.236. The Balaban J connectivity index is 2.61. The quantitative estimate of drug-likeness (QED) is 0.0658. The molecule has 0 radical (unpaired) electrons.